The minimum Gasteiger partial charge on any atom is -0.305 e. The topological polar surface area (TPSA) is 82.4 Å². The molecule has 5 heteroatoms. The number of fused-ring (bicyclic) bond motifs is 1. The van der Waals surface area contributed by atoms with Crippen molar-refractivity contribution in [2.45, 2.75) is 6.92 Å². The predicted octanol–water partition coefficient (Wildman–Crippen LogP) is 2.69. The first-order chi connectivity index (χ1) is 10.7. The van der Waals surface area contributed by atoms with Gasteiger partial charge in [0.05, 0.1) is 16.5 Å². The van der Waals surface area contributed by atoms with Crippen LogP contribution >= 0.6 is 0 Å². The lowest BCUT2D eigenvalue weighted by Crippen LogP contribution is -2.11. The summed E-state index contributed by atoms with van der Waals surface area (Å²) in [7, 11) is 0. The van der Waals surface area contributed by atoms with Gasteiger partial charge in [-0.2, -0.15) is 5.26 Å². The van der Waals surface area contributed by atoms with Gasteiger partial charge < -0.3 is 4.98 Å². The Balaban J connectivity index is 2.17. The maximum absolute atomic E-state index is 12.2. The number of nitrogens with one attached hydrogen (secondary N) is 1. The minimum absolute atomic E-state index is 0.250. The average molecular weight is 288 g/mol. The molecular formula is C17H12N4O. The van der Waals surface area contributed by atoms with Gasteiger partial charge in [-0.1, -0.05) is 11.6 Å². The molecule has 0 fully saturated rings. The van der Waals surface area contributed by atoms with Crippen molar-refractivity contribution in [3.8, 4) is 6.07 Å². The first-order valence-electron chi connectivity index (χ1n) is 6.70. The van der Waals surface area contributed by atoms with Crippen molar-refractivity contribution < 1.29 is 0 Å². The molecule has 106 valence electrons. The van der Waals surface area contributed by atoms with Crippen LogP contribution in [0, 0.1) is 18.3 Å². The maximum Gasteiger partial charge on any atom is 0.259 e. The number of aromatic amines is 1. The van der Waals surface area contributed by atoms with Crippen LogP contribution in [-0.4, -0.2) is 15.0 Å². The number of nitriles is 1. The summed E-state index contributed by atoms with van der Waals surface area (Å²) >= 11 is 0. The van der Waals surface area contributed by atoms with E-state index in [9.17, 15) is 10.1 Å². The lowest BCUT2D eigenvalue weighted by molar-refractivity contribution is 1.13. The van der Waals surface area contributed by atoms with Crippen molar-refractivity contribution in [1.82, 2.24) is 15.0 Å². The third-order valence-corrected chi connectivity index (χ3v) is 3.25. The Morgan fingerprint density at radius 2 is 2.05 bits per heavy atom. The quantitative estimate of drug-likeness (QED) is 0.735. The second-order valence-electron chi connectivity index (χ2n) is 4.89. The highest BCUT2D eigenvalue weighted by Crippen LogP contribution is 2.16. The molecule has 0 amide bonds. The molecule has 2 aromatic heterocycles. The van der Waals surface area contributed by atoms with Gasteiger partial charge in [0, 0.05) is 12.4 Å². The van der Waals surface area contributed by atoms with Crippen LogP contribution in [0.3, 0.4) is 0 Å². The van der Waals surface area contributed by atoms with E-state index >= 15 is 0 Å². The molecule has 1 aromatic carbocycles. The van der Waals surface area contributed by atoms with Crippen LogP contribution in [0.15, 0.2) is 47.5 Å². The number of hydrogen-bond donors (Lipinski definition) is 1. The Bertz CT molecular complexity index is 965. The minimum atomic E-state index is -0.250. The van der Waals surface area contributed by atoms with Gasteiger partial charge >= 0.3 is 0 Å². The van der Waals surface area contributed by atoms with Crippen molar-refractivity contribution in [3.63, 3.8) is 0 Å². The van der Waals surface area contributed by atoms with Crippen molar-refractivity contribution in [2.75, 3.05) is 0 Å². The molecule has 0 aliphatic rings. The first kappa shape index (κ1) is 13.7. The summed E-state index contributed by atoms with van der Waals surface area (Å²) in [5.74, 6) is 0.265. The van der Waals surface area contributed by atoms with Crippen LogP contribution in [0.5, 0.6) is 0 Å². The Kier molecular flexibility index (Phi) is 3.50. The van der Waals surface area contributed by atoms with Crippen molar-refractivity contribution >= 4 is 22.6 Å². The number of nitrogens with zero attached hydrogens (tertiary/aromatic N) is 3. The molecule has 0 atom stereocenters. The third-order valence-electron chi connectivity index (χ3n) is 3.25. The molecule has 0 saturated carbocycles. The van der Waals surface area contributed by atoms with E-state index in [0.29, 0.717) is 16.5 Å². The summed E-state index contributed by atoms with van der Waals surface area (Å²) in [6, 6.07) is 11.1. The van der Waals surface area contributed by atoms with Crippen LogP contribution in [0.2, 0.25) is 0 Å². The fourth-order valence-corrected chi connectivity index (χ4v) is 2.16. The Labute approximate surface area is 126 Å². The van der Waals surface area contributed by atoms with Crippen molar-refractivity contribution in [2.24, 2.45) is 0 Å². The second kappa shape index (κ2) is 5.62. The fraction of sp³-hybridized carbons (Fsp3) is 0.0588. The van der Waals surface area contributed by atoms with Crippen LogP contribution in [0.1, 0.15) is 17.0 Å². The number of H-pyrrole nitrogens is 1. The zero-order valence-electron chi connectivity index (χ0n) is 11.9. The molecule has 5 nitrogen and oxygen atoms in total. The van der Waals surface area contributed by atoms with Crippen LogP contribution in [0.4, 0.5) is 0 Å². The number of aryl methyl sites for hydroxylation is 1. The third kappa shape index (κ3) is 2.63. The van der Waals surface area contributed by atoms with E-state index in [1.807, 2.05) is 13.0 Å². The Hall–Kier alpha value is -3.26. The van der Waals surface area contributed by atoms with E-state index in [2.05, 4.69) is 21.0 Å². The molecular weight excluding hydrogens is 276 g/mol. The van der Waals surface area contributed by atoms with E-state index in [0.717, 1.165) is 11.1 Å². The lowest BCUT2D eigenvalue weighted by Gasteiger charge is -2.03. The summed E-state index contributed by atoms with van der Waals surface area (Å²) in [6.45, 7) is 1.91. The zero-order valence-corrected chi connectivity index (χ0v) is 11.9. The normalized spacial score (nSPS) is 11.4. The highest BCUT2D eigenvalue weighted by molar-refractivity contribution is 5.89. The Morgan fingerprint density at radius 3 is 2.77 bits per heavy atom. The molecule has 3 rings (SSSR count). The van der Waals surface area contributed by atoms with E-state index in [1.165, 1.54) is 0 Å². The van der Waals surface area contributed by atoms with Crippen LogP contribution < -0.4 is 5.56 Å². The maximum atomic E-state index is 12.2. The highest BCUT2D eigenvalue weighted by Gasteiger charge is 2.08. The molecule has 1 N–H and O–H groups in total. The summed E-state index contributed by atoms with van der Waals surface area (Å²) in [5, 5.41) is 9.87. The molecule has 2 heterocycles. The first-order valence-corrected chi connectivity index (χ1v) is 6.70. The molecule has 0 bridgehead atoms. The van der Waals surface area contributed by atoms with E-state index in [4.69, 9.17) is 0 Å². The summed E-state index contributed by atoms with van der Waals surface area (Å²) < 4.78 is 0. The lowest BCUT2D eigenvalue weighted by atomic mass is 10.1. The summed E-state index contributed by atoms with van der Waals surface area (Å²) in [5.41, 5.74) is 2.42. The molecule has 3 aromatic rings. The molecule has 0 radical (unpaired) electrons. The molecule has 22 heavy (non-hydrogen) atoms. The standard InChI is InChI=1S/C17H12N4O/c1-11-2-3-15-14(8-11)17(22)21-16(20-15)13(10-18)9-12-4-6-19-7-5-12/h2-9H,1H3,(H,20,21,22). The predicted molar refractivity (Wildman–Crippen MR) is 84.8 cm³/mol. The van der Waals surface area contributed by atoms with Gasteiger partial charge in [-0.25, -0.2) is 4.98 Å². The molecule has 0 saturated heterocycles. The average Bonchev–Trinajstić information content (AvgIpc) is 2.54. The summed E-state index contributed by atoms with van der Waals surface area (Å²) in [6.07, 6.45) is 4.94. The Morgan fingerprint density at radius 1 is 1.27 bits per heavy atom. The fourth-order valence-electron chi connectivity index (χ4n) is 2.16. The number of hydrogen-bond acceptors (Lipinski definition) is 4. The molecule has 0 unspecified atom stereocenters. The smallest absolute Gasteiger partial charge is 0.259 e. The number of allylic oxidation sites excluding steroid dienone is 1. The number of benzene rings is 1. The van der Waals surface area contributed by atoms with Gasteiger partial charge in [-0.15, -0.1) is 0 Å². The molecule has 0 spiro atoms. The van der Waals surface area contributed by atoms with E-state index < -0.39 is 0 Å². The van der Waals surface area contributed by atoms with Crippen molar-refractivity contribution in [3.05, 3.63) is 70.0 Å². The molecule has 0 aliphatic carbocycles. The zero-order chi connectivity index (χ0) is 15.5. The highest BCUT2D eigenvalue weighted by atomic mass is 16.1. The summed E-state index contributed by atoms with van der Waals surface area (Å²) in [4.78, 5) is 23.2. The van der Waals surface area contributed by atoms with E-state index in [-0.39, 0.29) is 11.4 Å². The van der Waals surface area contributed by atoms with Gasteiger partial charge in [0.15, 0.2) is 5.82 Å². The van der Waals surface area contributed by atoms with Gasteiger partial charge in [0.2, 0.25) is 0 Å². The number of aromatic nitrogens is 3. The SMILES string of the molecule is Cc1ccc2nc(C(C#N)=Cc3ccncc3)[nH]c(=O)c2c1. The van der Waals surface area contributed by atoms with Crippen molar-refractivity contribution in [1.29, 1.82) is 5.26 Å². The van der Waals surface area contributed by atoms with Gasteiger partial charge in [0.25, 0.3) is 5.56 Å². The number of pyridine rings is 1. The molecule has 0 aliphatic heterocycles. The van der Waals surface area contributed by atoms with Crippen LogP contribution in [0.25, 0.3) is 22.6 Å². The van der Waals surface area contributed by atoms with Gasteiger partial charge in [-0.3, -0.25) is 9.78 Å². The van der Waals surface area contributed by atoms with Crippen LogP contribution in [-0.2, 0) is 0 Å². The van der Waals surface area contributed by atoms with Gasteiger partial charge in [0.1, 0.15) is 6.07 Å². The van der Waals surface area contributed by atoms with E-state index in [1.54, 1.807) is 42.7 Å². The van der Waals surface area contributed by atoms with Gasteiger partial charge in [-0.05, 0) is 42.8 Å². The largest absolute Gasteiger partial charge is 0.305 e. The number of rotatable bonds is 2. The monoisotopic (exact) mass is 288 g/mol. The second-order valence-corrected chi connectivity index (χ2v) is 4.89.